The zero-order chi connectivity index (χ0) is 81.5. The van der Waals surface area contributed by atoms with Crippen LogP contribution in [0.4, 0.5) is 0 Å². The summed E-state index contributed by atoms with van der Waals surface area (Å²) in [4.78, 5) is 0. The first-order valence-corrected chi connectivity index (χ1v) is 43.2. The maximum absolute atomic E-state index is 15.4. The van der Waals surface area contributed by atoms with Gasteiger partial charge < -0.3 is 42.7 Å². The van der Waals surface area contributed by atoms with E-state index in [1.54, 1.807) is 18.2 Å². The summed E-state index contributed by atoms with van der Waals surface area (Å²) in [6.07, 6.45) is 0.813. The van der Waals surface area contributed by atoms with Gasteiger partial charge in [0.1, 0.15) is 78.2 Å². The lowest BCUT2D eigenvalue weighted by molar-refractivity contribution is 0.301. The molecule has 15 rings (SSSR count). The molecule has 0 saturated heterocycles. The van der Waals surface area contributed by atoms with Crippen LogP contribution in [0.3, 0.4) is 0 Å². The van der Waals surface area contributed by atoms with Crippen molar-refractivity contribution in [1.29, 1.82) is 0 Å². The summed E-state index contributed by atoms with van der Waals surface area (Å²) in [5, 5.41) is 15.0. The highest BCUT2D eigenvalue weighted by Crippen LogP contribution is 2.49. The number of benzene rings is 15. The summed E-state index contributed by atoms with van der Waals surface area (Å²) >= 11 is 0. The zero-order valence-electron chi connectivity index (χ0n) is 68.2. The molecule has 0 aromatic heterocycles. The van der Waals surface area contributed by atoms with Gasteiger partial charge in [0.05, 0.1) is 10.6 Å². The number of ether oxygens (including phenoxy) is 6. The number of aryl methyl sites for hydroxylation is 7. The second-order valence-corrected chi connectivity index (χ2v) is 36.2. The lowest BCUT2D eigenvalue weighted by Crippen LogP contribution is -2.26. The molecule has 9 nitrogen and oxygen atoms in total. The quantitative estimate of drug-likeness (QED) is 0.0503. The summed E-state index contributed by atoms with van der Waals surface area (Å²) in [5.74, 6) is 6.03. The number of phenols is 1. The van der Waals surface area contributed by atoms with E-state index >= 15 is 9.13 Å². The van der Waals surface area contributed by atoms with Crippen molar-refractivity contribution in [2.24, 2.45) is 0 Å². The van der Waals surface area contributed by atoms with E-state index in [9.17, 15) is 5.11 Å². The van der Waals surface area contributed by atoms with Crippen LogP contribution >= 0.6 is 14.3 Å². The van der Waals surface area contributed by atoms with Crippen molar-refractivity contribution in [3.63, 3.8) is 0 Å². The number of phenolic OH excluding ortho intramolecular Hbond substituents is 1. The van der Waals surface area contributed by atoms with E-state index in [1.807, 2.05) is 146 Å². The summed E-state index contributed by atoms with van der Waals surface area (Å²) in [6.45, 7) is 24.8. The monoisotopic (exact) mass is 1570 g/mol. The first-order chi connectivity index (χ1) is 56.6. The van der Waals surface area contributed by atoms with Crippen LogP contribution < -0.4 is 60.2 Å². The molecule has 1 N–H and O–H groups in total. The smallest absolute Gasteiger partial charge is 0.174 e. The molecule has 0 bridgehead atoms. The number of aromatic hydroxyl groups is 1. The van der Waals surface area contributed by atoms with Gasteiger partial charge in [0, 0.05) is 21.2 Å². The van der Waals surface area contributed by atoms with Gasteiger partial charge in [-0.05, 0) is 272 Å². The van der Waals surface area contributed by atoms with Gasteiger partial charge in [-0.15, -0.1) is 0 Å². The fourth-order valence-corrected chi connectivity index (χ4v) is 21.3. The Balaban J connectivity index is 0.525. The molecule has 117 heavy (non-hydrogen) atoms. The van der Waals surface area contributed by atoms with Gasteiger partial charge in [-0.25, -0.2) is 0 Å². The van der Waals surface area contributed by atoms with Gasteiger partial charge in [-0.1, -0.05) is 254 Å². The average Bonchev–Trinajstić information content (AvgIpc) is 0.763. The maximum atomic E-state index is 15.4. The molecule has 0 saturated carbocycles. The van der Waals surface area contributed by atoms with Crippen LogP contribution in [0.1, 0.15) is 94.6 Å². The Hall–Kier alpha value is -12.6. The van der Waals surface area contributed by atoms with Crippen LogP contribution in [0, 0.1) is 76.2 Å². The van der Waals surface area contributed by atoms with Crippen LogP contribution in [-0.4, -0.2) is 5.11 Å². The van der Waals surface area contributed by atoms with E-state index in [4.69, 9.17) is 28.4 Å². The standard InChI is InChI=1S/C106H96O9P2/c1-69-32-55-100(102(56-69)117(109,95-28-20-14-21-29-95)96-30-22-15-23-31-96)111-66-84-41-49-87(50-42-84)86-45-37-81(38-46-86)63-80-33-35-82(36-34-80)67-112-103-70(2)57-91(58-71(103)3)114-105-74(6)61-97(76(8)78(105)10)98-62-75(7)106(79(11)77(98)9)115-92-59-72(4)104(73(5)60-92)113-68-85-43-51-89(52-44-85)88-47-39-83(40-48-88)65-110-90-53-54-99(107)101(64-90)116(108,93-24-16-12-17-25-93)94-26-18-13-19-27-94/h12-62,64,107H,63,65-68H2,1-11H3. The van der Waals surface area contributed by atoms with Gasteiger partial charge in [0.2, 0.25) is 0 Å². The minimum Gasteiger partial charge on any atom is -0.507 e. The molecule has 0 radical (unpaired) electrons. The van der Waals surface area contributed by atoms with Crippen LogP contribution in [0.25, 0.3) is 33.4 Å². The molecule has 584 valence electrons. The molecule has 0 unspecified atom stereocenters. The van der Waals surface area contributed by atoms with E-state index in [0.717, 1.165) is 157 Å². The van der Waals surface area contributed by atoms with Crippen LogP contribution in [-0.2, 0) is 42.0 Å². The van der Waals surface area contributed by atoms with Gasteiger partial charge >= 0.3 is 0 Å². The molecular formula is C106H96O9P2. The highest BCUT2D eigenvalue weighted by atomic mass is 31.2. The first kappa shape index (κ1) is 79.6. The molecule has 0 aliphatic carbocycles. The van der Waals surface area contributed by atoms with Gasteiger partial charge in [-0.3, -0.25) is 0 Å². The zero-order valence-corrected chi connectivity index (χ0v) is 70.0. The molecular weight excluding hydrogens is 1480 g/mol. The summed E-state index contributed by atoms with van der Waals surface area (Å²) in [5.41, 5.74) is 25.0. The predicted octanol–water partition coefficient (Wildman–Crippen LogP) is 24.6. The minimum atomic E-state index is -3.41. The lowest BCUT2D eigenvalue weighted by atomic mass is 9.88. The highest BCUT2D eigenvalue weighted by Gasteiger charge is 2.35. The van der Waals surface area contributed by atoms with Crippen molar-refractivity contribution in [3.05, 3.63) is 410 Å². The molecule has 11 heteroatoms. The van der Waals surface area contributed by atoms with Crippen LogP contribution in [0.15, 0.2) is 315 Å². The predicted molar refractivity (Wildman–Crippen MR) is 481 cm³/mol. The molecule has 15 aromatic carbocycles. The first-order valence-electron chi connectivity index (χ1n) is 39.8. The highest BCUT2D eigenvalue weighted by molar-refractivity contribution is 7.86. The van der Waals surface area contributed by atoms with Crippen molar-refractivity contribution in [2.45, 2.75) is 109 Å². The number of hydrogen-bond acceptors (Lipinski definition) is 9. The third kappa shape index (κ3) is 17.4. The molecule has 0 heterocycles. The van der Waals surface area contributed by atoms with Crippen molar-refractivity contribution in [3.8, 4) is 85.1 Å². The largest absolute Gasteiger partial charge is 0.507 e. The van der Waals surface area contributed by atoms with E-state index in [-0.39, 0.29) is 5.75 Å². The maximum Gasteiger partial charge on any atom is 0.174 e. The fraction of sp³-hybridized carbons (Fsp3) is 0.151. The molecule has 0 aliphatic rings. The SMILES string of the molecule is Cc1ccc(OCc2ccc(-c3ccc(Cc4ccc(COc5c(C)cc(Oc6c(C)cc(-c7cc(C)c(Oc8cc(C)c(OCc9ccc(-c%10ccc(COc%11ccc(O)c(P(=O)(c%12ccccc%12)c%12ccccc%12)c%11)cc%10)cc9)c(C)c8)c(C)c7C)c(C)c6C)cc5C)cc4)cc3)cc2)c(P(=O)(c2ccccc2)c2ccccc2)c1. The molecule has 0 aliphatic heterocycles. The Kier molecular flexibility index (Phi) is 23.7. The Morgan fingerprint density at radius 2 is 0.581 bits per heavy atom. The Morgan fingerprint density at radius 1 is 0.265 bits per heavy atom. The molecule has 0 fully saturated rings. The van der Waals surface area contributed by atoms with Gasteiger partial charge in [0.15, 0.2) is 14.3 Å². The average molecular weight is 1580 g/mol. The van der Waals surface area contributed by atoms with Crippen LogP contribution in [0.5, 0.6) is 51.7 Å². The summed E-state index contributed by atoms with van der Waals surface area (Å²) in [7, 11) is -6.65. The van der Waals surface area contributed by atoms with Crippen molar-refractivity contribution >= 4 is 46.1 Å². The second-order valence-electron chi connectivity index (χ2n) is 30.7. The van der Waals surface area contributed by atoms with E-state index in [2.05, 4.69) is 227 Å². The van der Waals surface area contributed by atoms with Crippen molar-refractivity contribution in [2.75, 3.05) is 0 Å². The third-order valence-corrected chi connectivity index (χ3v) is 28.5. The number of rotatable bonds is 27. The fourth-order valence-electron chi connectivity index (χ4n) is 15.7. The summed E-state index contributed by atoms with van der Waals surface area (Å²) in [6, 6.07) is 105. The third-order valence-electron chi connectivity index (χ3n) is 22.3. The Morgan fingerprint density at radius 3 is 0.957 bits per heavy atom. The number of hydrogen-bond donors (Lipinski definition) is 1. The molecule has 0 spiro atoms. The van der Waals surface area contributed by atoms with E-state index in [0.29, 0.717) is 59.1 Å². The van der Waals surface area contributed by atoms with Gasteiger partial charge in [-0.2, -0.15) is 0 Å². The normalized spacial score (nSPS) is 11.5. The van der Waals surface area contributed by atoms with Crippen LogP contribution in [0.2, 0.25) is 0 Å². The van der Waals surface area contributed by atoms with Gasteiger partial charge in [0.25, 0.3) is 0 Å². The Bertz CT molecular complexity index is 6050. The topological polar surface area (TPSA) is 110 Å². The van der Waals surface area contributed by atoms with Crippen molar-refractivity contribution < 1.29 is 42.7 Å². The molecule has 0 atom stereocenters. The molecule has 15 aromatic rings. The van der Waals surface area contributed by atoms with Crippen molar-refractivity contribution in [1.82, 2.24) is 0 Å². The van der Waals surface area contributed by atoms with E-state index < -0.39 is 14.3 Å². The molecule has 0 amide bonds. The van der Waals surface area contributed by atoms with E-state index in [1.165, 1.54) is 22.3 Å². The summed E-state index contributed by atoms with van der Waals surface area (Å²) < 4.78 is 69.9. The minimum absolute atomic E-state index is 0.0402. The Labute approximate surface area is 688 Å². The second kappa shape index (κ2) is 34.8. The lowest BCUT2D eigenvalue weighted by Gasteiger charge is -2.23.